The van der Waals surface area contributed by atoms with E-state index in [1.165, 1.54) is 4.88 Å². The predicted octanol–water partition coefficient (Wildman–Crippen LogP) is 5.25. The molecule has 1 unspecified atom stereocenters. The lowest BCUT2D eigenvalue weighted by Gasteiger charge is -2.25. The first-order valence-electron chi connectivity index (χ1n) is 9.72. The van der Waals surface area contributed by atoms with Crippen LogP contribution in [-0.2, 0) is 23.1 Å². The van der Waals surface area contributed by atoms with Crippen LogP contribution in [0.25, 0.3) is 10.7 Å². The Bertz CT molecular complexity index is 989. The molecule has 0 aliphatic heterocycles. The highest BCUT2D eigenvalue weighted by atomic mass is 32.1. The number of nitrogens with one attached hydrogen (secondary N) is 1. The van der Waals surface area contributed by atoms with E-state index in [2.05, 4.69) is 37.1 Å². The molecule has 1 N–H and O–H groups in total. The highest BCUT2D eigenvalue weighted by Gasteiger charge is 2.29. The molecule has 0 spiro atoms. The lowest BCUT2D eigenvalue weighted by atomic mass is 9.85. The molecule has 1 amide bonds. The molecule has 2 aromatic heterocycles. The molecule has 2 heterocycles. The maximum absolute atomic E-state index is 13.0. The molecule has 4 nitrogen and oxygen atoms in total. The molecule has 4 rings (SSSR count). The monoisotopic (exact) mass is 391 g/mol. The second-order valence-electron chi connectivity index (χ2n) is 8.33. The zero-order valence-corrected chi connectivity index (χ0v) is 17.3. The van der Waals surface area contributed by atoms with Gasteiger partial charge in [0.05, 0.1) is 11.4 Å². The van der Waals surface area contributed by atoms with Gasteiger partial charge in [0.15, 0.2) is 0 Å². The van der Waals surface area contributed by atoms with Gasteiger partial charge in [-0.05, 0) is 48.4 Å². The quantitative estimate of drug-likeness (QED) is 0.664. The van der Waals surface area contributed by atoms with E-state index in [4.69, 9.17) is 4.98 Å². The van der Waals surface area contributed by atoms with Gasteiger partial charge in [0.25, 0.3) is 0 Å². The summed E-state index contributed by atoms with van der Waals surface area (Å²) in [6.45, 7) is 6.50. The first-order valence-corrected chi connectivity index (χ1v) is 10.5. The third kappa shape index (κ3) is 3.85. The number of carbonyl (C=O) groups is 1. The number of anilines is 1. The zero-order chi connectivity index (χ0) is 19.7. The van der Waals surface area contributed by atoms with E-state index < -0.39 is 0 Å². The smallest absolute Gasteiger partial charge is 0.227 e. The molecule has 28 heavy (non-hydrogen) atoms. The van der Waals surface area contributed by atoms with Crippen molar-refractivity contribution in [3.8, 4) is 10.7 Å². The van der Waals surface area contributed by atoms with Crippen molar-refractivity contribution in [2.75, 3.05) is 5.32 Å². The second kappa shape index (κ2) is 7.47. The van der Waals surface area contributed by atoms with Crippen LogP contribution in [0.3, 0.4) is 0 Å². The number of amides is 1. The van der Waals surface area contributed by atoms with Crippen LogP contribution < -0.4 is 5.32 Å². The standard InChI is InChI=1S/C23H25N3OS/c1-23(2,3)16-8-4-5-9-17(16)25-21(27)15-11-12-18-20(14-15)28-22(26-18)19-10-6-7-13-24-19/h4-10,13,15H,11-12,14H2,1-3H3,(H,25,27). The Hall–Kier alpha value is -2.53. The van der Waals surface area contributed by atoms with E-state index >= 15 is 0 Å². The van der Waals surface area contributed by atoms with Crippen molar-refractivity contribution in [3.05, 3.63) is 64.8 Å². The molecule has 1 atom stereocenters. The fraction of sp³-hybridized carbons (Fsp3) is 0.348. The molecule has 1 aliphatic carbocycles. The first kappa shape index (κ1) is 18.8. The third-order valence-electron chi connectivity index (χ3n) is 5.19. The number of para-hydroxylation sites is 1. The molecule has 144 valence electrons. The van der Waals surface area contributed by atoms with E-state index in [9.17, 15) is 4.79 Å². The van der Waals surface area contributed by atoms with E-state index in [0.29, 0.717) is 0 Å². The number of rotatable bonds is 3. The number of aryl methyl sites for hydroxylation is 1. The van der Waals surface area contributed by atoms with Gasteiger partial charge in [0.1, 0.15) is 5.01 Å². The van der Waals surface area contributed by atoms with Crippen molar-refractivity contribution < 1.29 is 4.79 Å². The van der Waals surface area contributed by atoms with Crippen LogP contribution in [0.1, 0.15) is 43.3 Å². The number of hydrogen-bond acceptors (Lipinski definition) is 4. The maximum Gasteiger partial charge on any atom is 0.227 e. The Morgan fingerprint density at radius 2 is 1.93 bits per heavy atom. The summed E-state index contributed by atoms with van der Waals surface area (Å²) >= 11 is 1.67. The van der Waals surface area contributed by atoms with E-state index in [0.717, 1.165) is 46.9 Å². The summed E-state index contributed by atoms with van der Waals surface area (Å²) in [5, 5.41) is 4.14. The van der Waals surface area contributed by atoms with Crippen LogP contribution in [0, 0.1) is 5.92 Å². The van der Waals surface area contributed by atoms with Crippen LogP contribution in [0.2, 0.25) is 0 Å². The minimum absolute atomic E-state index is 0.0150. The summed E-state index contributed by atoms with van der Waals surface area (Å²) in [5.74, 6) is 0.0905. The molecule has 0 saturated heterocycles. The number of nitrogens with zero attached hydrogens (tertiary/aromatic N) is 2. The van der Waals surface area contributed by atoms with E-state index in [-0.39, 0.29) is 17.2 Å². The SMILES string of the molecule is CC(C)(C)c1ccccc1NC(=O)C1CCc2nc(-c3ccccn3)sc2C1. The van der Waals surface area contributed by atoms with Gasteiger partial charge in [-0.1, -0.05) is 45.0 Å². The topological polar surface area (TPSA) is 54.9 Å². The summed E-state index contributed by atoms with van der Waals surface area (Å²) in [6.07, 6.45) is 4.22. The fourth-order valence-electron chi connectivity index (χ4n) is 3.68. The average Bonchev–Trinajstić information content (AvgIpc) is 3.11. The largest absolute Gasteiger partial charge is 0.326 e. The van der Waals surface area contributed by atoms with Crippen molar-refractivity contribution >= 4 is 22.9 Å². The van der Waals surface area contributed by atoms with Crippen molar-refractivity contribution in [1.82, 2.24) is 9.97 Å². The van der Waals surface area contributed by atoms with Crippen molar-refractivity contribution in [2.24, 2.45) is 5.92 Å². The highest BCUT2D eigenvalue weighted by Crippen LogP contribution is 2.35. The number of carbonyl (C=O) groups excluding carboxylic acids is 1. The number of pyridine rings is 1. The molecule has 5 heteroatoms. The number of hydrogen-bond donors (Lipinski definition) is 1. The predicted molar refractivity (Wildman–Crippen MR) is 115 cm³/mol. The summed E-state index contributed by atoms with van der Waals surface area (Å²) in [7, 11) is 0. The Balaban J connectivity index is 1.51. The minimum atomic E-state index is -0.0162. The summed E-state index contributed by atoms with van der Waals surface area (Å²) in [4.78, 5) is 23.4. The molecule has 1 aliphatic rings. The molecule has 1 aromatic carbocycles. The number of thiazole rings is 1. The van der Waals surface area contributed by atoms with Crippen LogP contribution in [0.15, 0.2) is 48.7 Å². The van der Waals surface area contributed by atoms with E-state index in [1.807, 2.05) is 36.4 Å². The number of benzene rings is 1. The van der Waals surface area contributed by atoms with Gasteiger partial charge in [-0.2, -0.15) is 0 Å². The molecule has 0 saturated carbocycles. The Morgan fingerprint density at radius 3 is 2.68 bits per heavy atom. The van der Waals surface area contributed by atoms with Crippen LogP contribution in [0.4, 0.5) is 5.69 Å². The molecule has 0 bridgehead atoms. The number of aromatic nitrogens is 2. The van der Waals surface area contributed by atoms with Gasteiger partial charge in [-0.15, -0.1) is 11.3 Å². The number of fused-ring (bicyclic) bond motifs is 1. The third-order valence-corrected chi connectivity index (χ3v) is 6.33. The molecule has 0 radical (unpaired) electrons. The maximum atomic E-state index is 13.0. The van der Waals surface area contributed by atoms with Gasteiger partial charge in [-0.25, -0.2) is 4.98 Å². The Kier molecular flexibility index (Phi) is 5.02. The molecule has 3 aromatic rings. The molecule has 0 fully saturated rings. The van der Waals surface area contributed by atoms with Crippen LogP contribution >= 0.6 is 11.3 Å². The van der Waals surface area contributed by atoms with Crippen molar-refractivity contribution in [2.45, 2.75) is 45.4 Å². The summed E-state index contributed by atoms with van der Waals surface area (Å²) < 4.78 is 0. The fourth-order valence-corrected chi connectivity index (χ4v) is 4.84. The lowest BCUT2D eigenvalue weighted by molar-refractivity contribution is -0.120. The zero-order valence-electron chi connectivity index (χ0n) is 16.5. The van der Waals surface area contributed by atoms with E-state index in [1.54, 1.807) is 17.5 Å². The molecular formula is C23H25N3OS. The van der Waals surface area contributed by atoms with Crippen LogP contribution in [0.5, 0.6) is 0 Å². The lowest BCUT2D eigenvalue weighted by Crippen LogP contribution is -2.29. The second-order valence-corrected chi connectivity index (χ2v) is 9.41. The van der Waals surface area contributed by atoms with Gasteiger partial charge < -0.3 is 5.32 Å². The summed E-state index contributed by atoms with van der Waals surface area (Å²) in [6, 6.07) is 14.0. The highest BCUT2D eigenvalue weighted by molar-refractivity contribution is 7.15. The van der Waals surface area contributed by atoms with Gasteiger partial charge in [-0.3, -0.25) is 9.78 Å². The first-order chi connectivity index (χ1) is 13.4. The van der Waals surface area contributed by atoms with Gasteiger partial charge in [0.2, 0.25) is 5.91 Å². The normalized spacial score (nSPS) is 16.5. The van der Waals surface area contributed by atoms with Crippen molar-refractivity contribution in [3.63, 3.8) is 0 Å². The van der Waals surface area contributed by atoms with Crippen LogP contribution in [-0.4, -0.2) is 15.9 Å². The Labute approximate surface area is 170 Å². The Morgan fingerprint density at radius 1 is 1.14 bits per heavy atom. The average molecular weight is 392 g/mol. The summed E-state index contributed by atoms with van der Waals surface area (Å²) in [5.41, 5.74) is 4.10. The minimum Gasteiger partial charge on any atom is -0.326 e. The van der Waals surface area contributed by atoms with Crippen molar-refractivity contribution in [1.29, 1.82) is 0 Å². The van der Waals surface area contributed by atoms with Gasteiger partial charge >= 0.3 is 0 Å². The molecular weight excluding hydrogens is 366 g/mol. The van der Waals surface area contributed by atoms with Gasteiger partial charge in [0, 0.05) is 22.7 Å².